The maximum Gasteiger partial charge on any atom is 0.192 e. The quantitative estimate of drug-likeness (QED) is 0.266. The number of allylic oxidation sites excluding steroid dienone is 1. The van der Waals surface area contributed by atoms with Gasteiger partial charge in [-0.05, 0) is 29.8 Å². The van der Waals surface area contributed by atoms with Gasteiger partial charge < -0.3 is 15.0 Å². The molecule has 3 aromatic rings. The lowest BCUT2D eigenvalue weighted by atomic mass is 10.1. The largest absolute Gasteiger partial charge is 0.504 e. The summed E-state index contributed by atoms with van der Waals surface area (Å²) in [6.45, 7) is 4.21. The van der Waals surface area contributed by atoms with Crippen LogP contribution in [-0.4, -0.2) is 31.3 Å². The number of aromatic nitrogens is 3. The average Bonchev–Trinajstić information content (AvgIpc) is 3.05. The molecule has 6 nitrogen and oxygen atoms in total. The number of carbonyl (C=O) groups is 1. The van der Waals surface area contributed by atoms with Crippen molar-refractivity contribution >= 4 is 29.6 Å². The number of phenolic OH excluding ortho intramolecular Hbond substituents is 2. The molecule has 3 rings (SSSR count). The van der Waals surface area contributed by atoms with E-state index in [4.69, 9.17) is 11.6 Å². The summed E-state index contributed by atoms with van der Waals surface area (Å²) in [5.74, 6) is 0.0803. The monoisotopic (exact) mass is 401 g/mol. The van der Waals surface area contributed by atoms with E-state index in [0.717, 1.165) is 11.8 Å². The van der Waals surface area contributed by atoms with Gasteiger partial charge in [-0.3, -0.25) is 4.57 Å². The number of aldehydes is 1. The van der Waals surface area contributed by atoms with Crippen LogP contribution < -0.4 is 0 Å². The second kappa shape index (κ2) is 8.28. The van der Waals surface area contributed by atoms with Gasteiger partial charge in [0.15, 0.2) is 22.5 Å². The molecule has 0 aliphatic rings. The fourth-order valence-corrected chi connectivity index (χ4v) is 3.65. The van der Waals surface area contributed by atoms with Crippen molar-refractivity contribution in [2.75, 3.05) is 0 Å². The van der Waals surface area contributed by atoms with Crippen molar-refractivity contribution in [2.24, 2.45) is 0 Å². The average molecular weight is 402 g/mol. The molecule has 0 saturated carbocycles. The summed E-state index contributed by atoms with van der Waals surface area (Å²) in [5, 5.41) is 28.1. The number of benzene rings is 2. The van der Waals surface area contributed by atoms with E-state index >= 15 is 0 Å². The van der Waals surface area contributed by atoms with E-state index in [9.17, 15) is 15.0 Å². The van der Waals surface area contributed by atoms with Gasteiger partial charge in [-0.2, -0.15) is 0 Å². The summed E-state index contributed by atoms with van der Waals surface area (Å²) in [4.78, 5) is 11.6. The molecule has 1 aromatic heterocycles. The maximum atomic E-state index is 11.6. The van der Waals surface area contributed by atoms with E-state index in [1.54, 1.807) is 24.3 Å². The van der Waals surface area contributed by atoms with Gasteiger partial charge in [0.05, 0.1) is 5.25 Å². The number of phenols is 2. The highest BCUT2D eigenvalue weighted by molar-refractivity contribution is 8.00. The number of halogens is 1. The van der Waals surface area contributed by atoms with Crippen molar-refractivity contribution in [3.8, 4) is 22.9 Å². The van der Waals surface area contributed by atoms with Crippen LogP contribution in [-0.2, 0) is 11.3 Å². The van der Waals surface area contributed by atoms with E-state index in [-0.39, 0.29) is 11.5 Å². The molecule has 0 radical (unpaired) electrons. The molecule has 0 bridgehead atoms. The van der Waals surface area contributed by atoms with Gasteiger partial charge in [0.25, 0.3) is 0 Å². The van der Waals surface area contributed by atoms with Crippen molar-refractivity contribution in [1.29, 1.82) is 0 Å². The minimum absolute atomic E-state index is 0.244. The number of hydrogen-bond acceptors (Lipinski definition) is 6. The molecule has 1 unspecified atom stereocenters. The zero-order valence-corrected chi connectivity index (χ0v) is 15.7. The molecule has 0 aliphatic heterocycles. The molecule has 0 aliphatic carbocycles. The zero-order valence-electron chi connectivity index (χ0n) is 14.1. The lowest BCUT2D eigenvalue weighted by molar-refractivity contribution is -0.107. The Morgan fingerprint density at radius 3 is 2.67 bits per heavy atom. The Balaban J connectivity index is 1.97. The second-order valence-electron chi connectivity index (χ2n) is 5.64. The summed E-state index contributed by atoms with van der Waals surface area (Å²) in [6.07, 6.45) is 2.46. The third-order valence-corrected chi connectivity index (χ3v) is 5.18. The van der Waals surface area contributed by atoms with E-state index in [1.807, 2.05) is 16.7 Å². The normalized spacial score (nSPS) is 11.9. The maximum absolute atomic E-state index is 11.6. The Bertz CT molecular complexity index is 990. The van der Waals surface area contributed by atoms with Gasteiger partial charge in [-0.25, -0.2) is 0 Å². The molecule has 2 aromatic carbocycles. The van der Waals surface area contributed by atoms with Crippen LogP contribution in [0.5, 0.6) is 11.5 Å². The molecule has 8 heteroatoms. The van der Waals surface area contributed by atoms with Crippen LogP contribution in [0.15, 0.2) is 60.3 Å². The minimum Gasteiger partial charge on any atom is -0.504 e. The Hall–Kier alpha value is -2.77. The topological polar surface area (TPSA) is 88.2 Å². The summed E-state index contributed by atoms with van der Waals surface area (Å²) in [5.41, 5.74) is 1.34. The van der Waals surface area contributed by atoms with Crippen LogP contribution in [0.3, 0.4) is 0 Å². The molecule has 27 heavy (non-hydrogen) atoms. The fourth-order valence-electron chi connectivity index (χ4n) is 2.52. The highest BCUT2D eigenvalue weighted by Crippen LogP contribution is 2.37. The number of rotatable bonds is 7. The van der Waals surface area contributed by atoms with Crippen molar-refractivity contribution < 1.29 is 15.0 Å². The standard InChI is InChI=1S/C19H16ClN3O3S/c1-2-8-23-18(13-4-3-5-14(20)9-13)21-22-19(23)27-17(11-24)12-6-7-15(25)16(26)10-12/h2-7,9-11,17,25-26H,1,8H2. The molecule has 1 atom stereocenters. The zero-order chi connectivity index (χ0) is 19.4. The van der Waals surface area contributed by atoms with E-state index in [0.29, 0.717) is 28.1 Å². The Labute approximate surface area is 165 Å². The van der Waals surface area contributed by atoms with Gasteiger partial charge in [-0.1, -0.05) is 47.6 Å². The van der Waals surface area contributed by atoms with Crippen LogP contribution in [0.1, 0.15) is 10.8 Å². The first-order valence-electron chi connectivity index (χ1n) is 7.97. The van der Waals surface area contributed by atoms with Crippen molar-refractivity contribution in [3.05, 3.63) is 65.7 Å². The number of nitrogens with zero attached hydrogens (tertiary/aromatic N) is 3. The molecule has 2 N–H and O–H groups in total. The number of hydrogen-bond donors (Lipinski definition) is 2. The third kappa shape index (κ3) is 4.15. The van der Waals surface area contributed by atoms with Crippen molar-refractivity contribution in [3.63, 3.8) is 0 Å². The van der Waals surface area contributed by atoms with Crippen LogP contribution >= 0.6 is 23.4 Å². The second-order valence-corrected chi connectivity index (χ2v) is 7.18. The van der Waals surface area contributed by atoms with E-state index in [1.165, 1.54) is 23.9 Å². The molecule has 1 heterocycles. The predicted octanol–water partition coefficient (Wildman–Crippen LogP) is 4.23. The number of thioether (sulfide) groups is 1. The van der Waals surface area contributed by atoms with Gasteiger partial charge in [0.1, 0.15) is 6.29 Å². The number of carbonyl (C=O) groups excluding carboxylic acids is 1. The fraction of sp³-hybridized carbons (Fsp3) is 0.105. The first-order valence-corrected chi connectivity index (χ1v) is 9.23. The SMILES string of the molecule is C=CCn1c(SC(C=O)c2ccc(O)c(O)c2)nnc1-c1cccc(Cl)c1. The van der Waals surface area contributed by atoms with E-state index in [2.05, 4.69) is 16.8 Å². The van der Waals surface area contributed by atoms with Crippen molar-refractivity contribution in [1.82, 2.24) is 14.8 Å². The van der Waals surface area contributed by atoms with Crippen LogP contribution in [0, 0.1) is 0 Å². The van der Waals surface area contributed by atoms with Crippen LogP contribution in [0.25, 0.3) is 11.4 Å². The van der Waals surface area contributed by atoms with Gasteiger partial charge >= 0.3 is 0 Å². The minimum atomic E-state index is -0.628. The molecule has 138 valence electrons. The lowest BCUT2D eigenvalue weighted by Crippen LogP contribution is -2.03. The Kier molecular flexibility index (Phi) is 5.83. The first-order chi connectivity index (χ1) is 13.0. The Morgan fingerprint density at radius 2 is 2.00 bits per heavy atom. The molecular formula is C19H16ClN3O3S. The lowest BCUT2D eigenvalue weighted by Gasteiger charge is -2.12. The first kappa shape index (κ1) is 19.0. The molecule has 0 amide bonds. The summed E-state index contributed by atoms with van der Waals surface area (Å²) >= 11 is 7.26. The third-order valence-electron chi connectivity index (χ3n) is 3.80. The number of aromatic hydroxyl groups is 2. The van der Waals surface area contributed by atoms with E-state index < -0.39 is 5.25 Å². The highest BCUT2D eigenvalue weighted by atomic mass is 35.5. The van der Waals surface area contributed by atoms with Gasteiger partial charge in [0, 0.05) is 17.1 Å². The molecule has 0 fully saturated rings. The molecule has 0 spiro atoms. The summed E-state index contributed by atoms with van der Waals surface area (Å²) < 4.78 is 1.83. The predicted molar refractivity (Wildman–Crippen MR) is 105 cm³/mol. The van der Waals surface area contributed by atoms with Gasteiger partial charge in [-0.15, -0.1) is 16.8 Å². The summed E-state index contributed by atoms with van der Waals surface area (Å²) in [7, 11) is 0. The molecular weight excluding hydrogens is 386 g/mol. The highest BCUT2D eigenvalue weighted by Gasteiger charge is 2.20. The summed E-state index contributed by atoms with van der Waals surface area (Å²) in [6, 6.07) is 11.5. The smallest absolute Gasteiger partial charge is 0.192 e. The molecule has 0 saturated heterocycles. The van der Waals surface area contributed by atoms with Crippen LogP contribution in [0.4, 0.5) is 0 Å². The van der Waals surface area contributed by atoms with Crippen molar-refractivity contribution in [2.45, 2.75) is 17.0 Å². The Morgan fingerprint density at radius 1 is 1.19 bits per heavy atom. The van der Waals surface area contributed by atoms with Crippen LogP contribution in [0.2, 0.25) is 5.02 Å². The van der Waals surface area contributed by atoms with Gasteiger partial charge in [0.2, 0.25) is 0 Å².